The molecule has 0 fully saturated rings. The van der Waals surface area contributed by atoms with Crippen LogP contribution in [0.25, 0.3) is 0 Å². The normalized spacial score (nSPS) is 9.76. The average molecular weight is 345 g/mol. The number of amides is 1. The molecule has 0 aliphatic rings. The molecule has 0 unspecified atom stereocenters. The van der Waals surface area contributed by atoms with Gasteiger partial charge in [-0.1, -0.05) is 28.1 Å². The lowest BCUT2D eigenvalue weighted by atomic mass is 10.1. The predicted octanol–water partition coefficient (Wildman–Crippen LogP) is 3.26. The van der Waals surface area contributed by atoms with E-state index in [-0.39, 0.29) is 5.91 Å². The molecule has 0 atom stereocenters. The molecular weight excluding hydrogens is 332 g/mol. The van der Waals surface area contributed by atoms with E-state index in [0.29, 0.717) is 23.4 Å². The van der Waals surface area contributed by atoms with Crippen LogP contribution in [0.1, 0.15) is 21.5 Å². The van der Waals surface area contributed by atoms with Crippen molar-refractivity contribution in [1.82, 2.24) is 5.32 Å². The zero-order valence-electron chi connectivity index (χ0n) is 11.4. The molecule has 0 radical (unpaired) electrons. The van der Waals surface area contributed by atoms with E-state index in [2.05, 4.69) is 27.3 Å². The first-order valence-corrected chi connectivity index (χ1v) is 7.04. The number of carbonyl (C=O) groups is 1. The lowest BCUT2D eigenvalue weighted by molar-refractivity contribution is 0.0948. The van der Waals surface area contributed by atoms with Gasteiger partial charge in [-0.3, -0.25) is 4.79 Å². The van der Waals surface area contributed by atoms with Crippen molar-refractivity contribution >= 4 is 21.8 Å². The summed E-state index contributed by atoms with van der Waals surface area (Å²) in [6.45, 7) is 0.355. The topological polar surface area (TPSA) is 62.1 Å². The number of ether oxygens (including phenoxy) is 1. The smallest absolute Gasteiger partial charge is 0.255 e. The second-order valence-corrected chi connectivity index (χ2v) is 5.26. The third-order valence-corrected chi connectivity index (χ3v) is 3.41. The third-order valence-electron chi connectivity index (χ3n) is 2.92. The van der Waals surface area contributed by atoms with Gasteiger partial charge in [0.05, 0.1) is 24.3 Å². The molecule has 0 aliphatic heterocycles. The molecule has 2 aromatic carbocycles. The van der Waals surface area contributed by atoms with Crippen molar-refractivity contribution in [2.24, 2.45) is 0 Å². The average Bonchev–Trinajstić information content (AvgIpc) is 2.52. The second kappa shape index (κ2) is 6.91. The molecule has 5 heteroatoms. The minimum atomic E-state index is -0.221. The maximum Gasteiger partial charge on any atom is 0.255 e. The van der Waals surface area contributed by atoms with Crippen molar-refractivity contribution in [2.45, 2.75) is 6.54 Å². The molecule has 2 rings (SSSR count). The van der Waals surface area contributed by atoms with E-state index in [1.54, 1.807) is 36.4 Å². The third kappa shape index (κ3) is 3.83. The summed E-state index contributed by atoms with van der Waals surface area (Å²) in [7, 11) is 1.52. The zero-order valence-corrected chi connectivity index (χ0v) is 13.0. The number of nitrogens with one attached hydrogen (secondary N) is 1. The van der Waals surface area contributed by atoms with Gasteiger partial charge in [-0.05, 0) is 35.9 Å². The number of benzene rings is 2. The Morgan fingerprint density at radius 3 is 2.86 bits per heavy atom. The lowest BCUT2D eigenvalue weighted by Crippen LogP contribution is -2.23. The Kier molecular flexibility index (Phi) is 4.96. The number of rotatable bonds is 4. The Labute approximate surface area is 131 Å². The van der Waals surface area contributed by atoms with E-state index >= 15 is 0 Å². The van der Waals surface area contributed by atoms with E-state index in [9.17, 15) is 4.79 Å². The van der Waals surface area contributed by atoms with E-state index in [4.69, 9.17) is 10.00 Å². The van der Waals surface area contributed by atoms with Crippen LogP contribution in [-0.2, 0) is 6.54 Å². The summed E-state index contributed by atoms with van der Waals surface area (Å²) in [6, 6.07) is 14.4. The van der Waals surface area contributed by atoms with Gasteiger partial charge >= 0.3 is 0 Å². The van der Waals surface area contributed by atoms with Gasteiger partial charge in [0.25, 0.3) is 5.91 Å². The Balaban J connectivity index is 2.10. The summed E-state index contributed by atoms with van der Waals surface area (Å²) in [5, 5.41) is 11.7. The molecule has 0 aliphatic carbocycles. The molecule has 0 saturated heterocycles. The summed E-state index contributed by atoms with van der Waals surface area (Å²) < 4.78 is 6.05. The van der Waals surface area contributed by atoms with Crippen LogP contribution in [0.2, 0.25) is 0 Å². The first-order chi connectivity index (χ1) is 10.1. The quantitative estimate of drug-likeness (QED) is 0.925. The molecule has 0 saturated carbocycles. The SMILES string of the molecule is COc1cc(Br)ccc1C(=O)NCc1cccc(C#N)c1. The largest absolute Gasteiger partial charge is 0.496 e. The van der Waals surface area contributed by atoms with Gasteiger partial charge in [0, 0.05) is 11.0 Å². The van der Waals surface area contributed by atoms with Crippen LogP contribution in [0.5, 0.6) is 5.75 Å². The standard InChI is InChI=1S/C16H13BrN2O2/c1-21-15-8-13(17)5-6-14(15)16(20)19-10-12-4-2-3-11(7-12)9-18/h2-8H,10H2,1H3,(H,19,20). The number of halogens is 1. The summed E-state index contributed by atoms with van der Waals surface area (Å²) in [4.78, 5) is 12.2. The fraction of sp³-hybridized carbons (Fsp3) is 0.125. The molecule has 1 amide bonds. The fourth-order valence-electron chi connectivity index (χ4n) is 1.88. The number of methoxy groups -OCH3 is 1. The van der Waals surface area contributed by atoms with Gasteiger partial charge in [-0.25, -0.2) is 0 Å². The van der Waals surface area contributed by atoms with Crippen LogP contribution >= 0.6 is 15.9 Å². The molecule has 0 aromatic heterocycles. The monoisotopic (exact) mass is 344 g/mol. The molecule has 1 N–H and O–H groups in total. The summed E-state index contributed by atoms with van der Waals surface area (Å²) >= 11 is 3.34. The van der Waals surface area contributed by atoms with Crippen LogP contribution < -0.4 is 10.1 Å². The van der Waals surface area contributed by atoms with E-state index in [1.807, 2.05) is 6.07 Å². The summed E-state index contributed by atoms with van der Waals surface area (Å²) in [5.41, 5.74) is 1.92. The maximum absolute atomic E-state index is 12.2. The Morgan fingerprint density at radius 1 is 1.33 bits per heavy atom. The lowest BCUT2D eigenvalue weighted by Gasteiger charge is -2.10. The molecule has 0 bridgehead atoms. The Morgan fingerprint density at radius 2 is 2.14 bits per heavy atom. The Bertz CT molecular complexity index is 708. The van der Waals surface area contributed by atoms with Crippen LogP contribution in [0.3, 0.4) is 0 Å². The molecule has 0 heterocycles. The van der Waals surface area contributed by atoms with E-state index < -0.39 is 0 Å². The number of nitrogens with zero attached hydrogens (tertiary/aromatic N) is 1. The van der Waals surface area contributed by atoms with Gasteiger partial charge in [-0.2, -0.15) is 5.26 Å². The summed E-state index contributed by atoms with van der Waals surface area (Å²) in [5.74, 6) is 0.286. The number of carbonyl (C=O) groups excluding carboxylic acids is 1. The van der Waals surface area contributed by atoms with E-state index in [1.165, 1.54) is 7.11 Å². The van der Waals surface area contributed by atoms with Gasteiger partial charge in [0.15, 0.2) is 0 Å². The maximum atomic E-state index is 12.2. The van der Waals surface area contributed by atoms with Gasteiger partial charge < -0.3 is 10.1 Å². The highest BCUT2D eigenvalue weighted by Crippen LogP contribution is 2.23. The number of nitriles is 1. The molecular formula is C16H13BrN2O2. The highest BCUT2D eigenvalue weighted by Gasteiger charge is 2.12. The minimum absolute atomic E-state index is 0.221. The summed E-state index contributed by atoms with van der Waals surface area (Å²) in [6.07, 6.45) is 0. The van der Waals surface area contributed by atoms with Crippen LogP contribution in [0.4, 0.5) is 0 Å². The van der Waals surface area contributed by atoms with Gasteiger partial charge in [0.1, 0.15) is 5.75 Å². The van der Waals surface area contributed by atoms with E-state index in [0.717, 1.165) is 10.0 Å². The highest BCUT2D eigenvalue weighted by molar-refractivity contribution is 9.10. The molecule has 4 nitrogen and oxygen atoms in total. The van der Waals surface area contributed by atoms with Crippen molar-refractivity contribution in [3.8, 4) is 11.8 Å². The van der Waals surface area contributed by atoms with Crippen molar-refractivity contribution in [3.05, 3.63) is 63.6 Å². The number of hydrogen-bond donors (Lipinski definition) is 1. The molecule has 0 spiro atoms. The van der Waals surface area contributed by atoms with Crippen molar-refractivity contribution < 1.29 is 9.53 Å². The van der Waals surface area contributed by atoms with Crippen LogP contribution in [0, 0.1) is 11.3 Å². The predicted molar refractivity (Wildman–Crippen MR) is 83.0 cm³/mol. The van der Waals surface area contributed by atoms with Crippen molar-refractivity contribution in [2.75, 3.05) is 7.11 Å². The minimum Gasteiger partial charge on any atom is -0.496 e. The molecule has 2 aromatic rings. The van der Waals surface area contributed by atoms with Crippen LogP contribution in [0.15, 0.2) is 46.9 Å². The number of hydrogen-bond acceptors (Lipinski definition) is 3. The van der Waals surface area contributed by atoms with Crippen LogP contribution in [-0.4, -0.2) is 13.0 Å². The van der Waals surface area contributed by atoms with Gasteiger partial charge in [-0.15, -0.1) is 0 Å². The highest BCUT2D eigenvalue weighted by atomic mass is 79.9. The Hall–Kier alpha value is -2.32. The molecule has 106 valence electrons. The van der Waals surface area contributed by atoms with Crippen molar-refractivity contribution in [1.29, 1.82) is 5.26 Å². The fourth-order valence-corrected chi connectivity index (χ4v) is 2.22. The molecule has 21 heavy (non-hydrogen) atoms. The zero-order chi connectivity index (χ0) is 15.2. The first kappa shape index (κ1) is 15.1. The van der Waals surface area contributed by atoms with Gasteiger partial charge in [0.2, 0.25) is 0 Å². The second-order valence-electron chi connectivity index (χ2n) is 4.34. The first-order valence-electron chi connectivity index (χ1n) is 6.25. The van der Waals surface area contributed by atoms with Crippen molar-refractivity contribution in [3.63, 3.8) is 0 Å².